The molecule has 1 aliphatic heterocycles. The monoisotopic (exact) mass is 554 g/mol. The maximum absolute atomic E-state index is 13.1. The highest BCUT2D eigenvalue weighted by atomic mass is 35.5. The van der Waals surface area contributed by atoms with Crippen LogP contribution in [0.2, 0.25) is 5.02 Å². The Balaban J connectivity index is 1.44. The Kier molecular flexibility index (Phi) is 8.38. The Morgan fingerprint density at radius 1 is 1.05 bits per heavy atom. The third kappa shape index (κ3) is 6.25. The van der Waals surface area contributed by atoms with Crippen molar-refractivity contribution in [2.24, 2.45) is 0 Å². The maximum Gasteiger partial charge on any atom is 0.270 e. The van der Waals surface area contributed by atoms with Crippen LogP contribution in [0, 0.1) is 6.92 Å². The Labute approximate surface area is 229 Å². The molecule has 2 amide bonds. The maximum atomic E-state index is 13.1. The number of rotatable bonds is 8. The van der Waals surface area contributed by atoms with E-state index in [1.54, 1.807) is 61.7 Å². The molecule has 7 nitrogen and oxygen atoms in total. The normalized spacial score (nSPS) is 14.2. The topological polar surface area (TPSA) is 77.1 Å². The number of hydrogen-bond donors (Lipinski definition) is 1. The molecule has 0 unspecified atom stereocenters. The molecule has 1 saturated heterocycles. The Bertz CT molecular complexity index is 1390. The van der Waals surface area contributed by atoms with Crippen molar-refractivity contribution >= 4 is 69.2 Å². The van der Waals surface area contributed by atoms with Crippen LogP contribution >= 0.6 is 35.6 Å². The van der Waals surface area contributed by atoms with Crippen LogP contribution in [0.1, 0.15) is 11.1 Å². The molecule has 0 bridgehead atoms. The number of benzene rings is 3. The van der Waals surface area contributed by atoms with Crippen LogP contribution in [0.25, 0.3) is 6.08 Å². The number of nitrogens with one attached hydrogen (secondary N) is 1. The smallest absolute Gasteiger partial charge is 0.270 e. The zero-order valence-electron chi connectivity index (χ0n) is 20.2. The Hall–Kier alpha value is -3.53. The van der Waals surface area contributed by atoms with E-state index in [1.807, 2.05) is 19.1 Å². The summed E-state index contributed by atoms with van der Waals surface area (Å²) in [6, 6.07) is 17.6. The molecule has 3 aromatic rings. The van der Waals surface area contributed by atoms with Crippen molar-refractivity contribution in [3.05, 3.63) is 81.7 Å². The average molecular weight is 555 g/mol. The summed E-state index contributed by atoms with van der Waals surface area (Å²) in [5, 5.41) is 3.32. The van der Waals surface area contributed by atoms with Gasteiger partial charge in [0.05, 0.1) is 24.8 Å². The molecule has 0 radical (unpaired) electrons. The minimum atomic E-state index is -0.323. The Morgan fingerprint density at radius 3 is 2.49 bits per heavy atom. The standard InChI is InChI=1S/C27H23ClN2O5S2/c1-16-4-8-19(14-21(16)28)30-26(32)24(37-27(30)36)13-17-5-11-22(23(12-17)34-3)35-15-25(31)29-18-6-9-20(33-2)10-7-18/h4-14H,15H2,1-3H3,(H,29,31)/b24-13-. The van der Waals surface area contributed by atoms with Gasteiger partial charge in [-0.25, -0.2) is 0 Å². The highest BCUT2D eigenvalue weighted by Gasteiger charge is 2.33. The second-order valence-electron chi connectivity index (χ2n) is 7.93. The average Bonchev–Trinajstić information content (AvgIpc) is 3.17. The fourth-order valence-electron chi connectivity index (χ4n) is 3.47. The van der Waals surface area contributed by atoms with Crippen LogP contribution in [-0.2, 0) is 9.59 Å². The van der Waals surface area contributed by atoms with Gasteiger partial charge in [0.1, 0.15) is 5.75 Å². The number of anilines is 2. The lowest BCUT2D eigenvalue weighted by Crippen LogP contribution is -2.27. The molecular weight excluding hydrogens is 532 g/mol. The van der Waals surface area contributed by atoms with Gasteiger partial charge in [-0.05, 0) is 72.7 Å². The van der Waals surface area contributed by atoms with E-state index in [-0.39, 0.29) is 18.4 Å². The molecule has 4 rings (SSSR count). The molecule has 1 aliphatic rings. The minimum Gasteiger partial charge on any atom is -0.497 e. The summed E-state index contributed by atoms with van der Waals surface area (Å²) in [6.07, 6.45) is 1.73. The van der Waals surface area contributed by atoms with Crippen molar-refractivity contribution in [3.63, 3.8) is 0 Å². The second-order valence-corrected chi connectivity index (χ2v) is 10.0. The molecule has 1 N–H and O–H groups in total. The highest BCUT2D eigenvalue weighted by molar-refractivity contribution is 8.27. The lowest BCUT2D eigenvalue weighted by molar-refractivity contribution is -0.118. The fraction of sp³-hybridized carbons (Fsp3) is 0.148. The van der Waals surface area contributed by atoms with Crippen LogP contribution in [0.5, 0.6) is 17.2 Å². The molecule has 0 spiro atoms. The SMILES string of the molecule is COc1ccc(NC(=O)COc2ccc(/C=C3\SC(=S)N(c4ccc(C)c(Cl)c4)C3=O)cc2OC)cc1. The van der Waals surface area contributed by atoms with Gasteiger partial charge >= 0.3 is 0 Å². The van der Waals surface area contributed by atoms with Crippen molar-refractivity contribution in [2.75, 3.05) is 31.0 Å². The molecule has 10 heteroatoms. The lowest BCUT2D eigenvalue weighted by Gasteiger charge is -2.15. The molecule has 37 heavy (non-hydrogen) atoms. The molecule has 3 aromatic carbocycles. The number of hydrogen-bond acceptors (Lipinski definition) is 7. The quantitative estimate of drug-likeness (QED) is 0.267. The number of aryl methyl sites for hydroxylation is 1. The number of methoxy groups -OCH3 is 2. The number of carbonyl (C=O) groups is 2. The van der Waals surface area contributed by atoms with Gasteiger partial charge in [-0.15, -0.1) is 0 Å². The van der Waals surface area contributed by atoms with Gasteiger partial charge in [0.15, 0.2) is 22.4 Å². The number of thioether (sulfide) groups is 1. The van der Waals surface area contributed by atoms with Crippen molar-refractivity contribution in [1.82, 2.24) is 0 Å². The second kappa shape index (κ2) is 11.7. The van der Waals surface area contributed by atoms with Gasteiger partial charge < -0.3 is 19.5 Å². The van der Waals surface area contributed by atoms with E-state index >= 15 is 0 Å². The zero-order valence-corrected chi connectivity index (χ0v) is 22.6. The molecule has 0 saturated carbocycles. The lowest BCUT2D eigenvalue weighted by atomic mass is 10.1. The van der Waals surface area contributed by atoms with Crippen molar-refractivity contribution in [2.45, 2.75) is 6.92 Å². The van der Waals surface area contributed by atoms with Crippen molar-refractivity contribution < 1.29 is 23.8 Å². The first-order valence-corrected chi connectivity index (χ1v) is 12.7. The number of thiocarbonyl (C=S) groups is 1. The first-order chi connectivity index (χ1) is 17.8. The van der Waals surface area contributed by atoms with E-state index in [0.29, 0.717) is 48.4 Å². The summed E-state index contributed by atoms with van der Waals surface area (Å²) in [4.78, 5) is 27.3. The van der Waals surface area contributed by atoms with Gasteiger partial charge in [0, 0.05) is 10.7 Å². The predicted molar refractivity (Wildman–Crippen MR) is 152 cm³/mol. The minimum absolute atomic E-state index is 0.209. The number of amides is 2. The fourth-order valence-corrected chi connectivity index (χ4v) is 4.94. The highest BCUT2D eigenvalue weighted by Crippen LogP contribution is 2.38. The summed E-state index contributed by atoms with van der Waals surface area (Å²) in [5.74, 6) is 0.958. The number of nitrogens with zero attached hydrogens (tertiary/aromatic N) is 1. The van der Waals surface area contributed by atoms with Crippen LogP contribution in [0.3, 0.4) is 0 Å². The van der Waals surface area contributed by atoms with E-state index in [9.17, 15) is 9.59 Å². The number of halogens is 1. The third-order valence-electron chi connectivity index (χ3n) is 5.43. The van der Waals surface area contributed by atoms with Gasteiger partial charge in [-0.2, -0.15) is 0 Å². The van der Waals surface area contributed by atoms with Crippen LogP contribution < -0.4 is 24.4 Å². The van der Waals surface area contributed by atoms with Gasteiger partial charge in [0.2, 0.25) is 0 Å². The van der Waals surface area contributed by atoms with Crippen molar-refractivity contribution in [3.8, 4) is 17.2 Å². The largest absolute Gasteiger partial charge is 0.497 e. The number of carbonyl (C=O) groups excluding carboxylic acids is 2. The molecule has 190 valence electrons. The molecule has 0 atom stereocenters. The summed E-state index contributed by atoms with van der Waals surface area (Å²) in [7, 11) is 3.08. The number of ether oxygens (including phenoxy) is 3. The third-order valence-corrected chi connectivity index (χ3v) is 7.13. The molecule has 0 aromatic heterocycles. The molecular formula is C27H23ClN2O5S2. The van der Waals surface area contributed by atoms with Crippen LogP contribution in [0.15, 0.2) is 65.6 Å². The van der Waals surface area contributed by atoms with Gasteiger partial charge in [0.25, 0.3) is 11.8 Å². The van der Waals surface area contributed by atoms with Gasteiger partial charge in [-0.3, -0.25) is 14.5 Å². The van der Waals surface area contributed by atoms with E-state index in [2.05, 4.69) is 5.32 Å². The van der Waals surface area contributed by atoms with E-state index < -0.39 is 0 Å². The summed E-state index contributed by atoms with van der Waals surface area (Å²) >= 11 is 12.9. The predicted octanol–water partition coefficient (Wildman–Crippen LogP) is 6.09. The zero-order chi connectivity index (χ0) is 26.5. The Morgan fingerprint density at radius 2 is 1.81 bits per heavy atom. The van der Waals surface area contributed by atoms with Crippen LogP contribution in [0.4, 0.5) is 11.4 Å². The van der Waals surface area contributed by atoms with E-state index in [1.165, 1.54) is 23.8 Å². The molecule has 1 fully saturated rings. The van der Waals surface area contributed by atoms with Crippen LogP contribution in [-0.4, -0.2) is 37.0 Å². The van der Waals surface area contributed by atoms with E-state index in [4.69, 9.17) is 38.0 Å². The first-order valence-electron chi connectivity index (χ1n) is 11.1. The molecule has 0 aliphatic carbocycles. The molecule has 1 heterocycles. The summed E-state index contributed by atoms with van der Waals surface area (Å²) < 4.78 is 16.7. The first kappa shape index (κ1) is 26.5. The van der Waals surface area contributed by atoms with E-state index in [0.717, 1.165) is 5.56 Å². The summed E-state index contributed by atoms with van der Waals surface area (Å²) in [5.41, 5.74) is 2.88. The summed E-state index contributed by atoms with van der Waals surface area (Å²) in [6.45, 7) is 1.68. The van der Waals surface area contributed by atoms with Crippen molar-refractivity contribution in [1.29, 1.82) is 0 Å². The van der Waals surface area contributed by atoms with Gasteiger partial charge in [-0.1, -0.05) is 47.7 Å².